The molecular weight excluding hydrogens is 302 g/mol. The number of benzene rings is 1. The molecule has 1 heterocycles. The van der Waals surface area contributed by atoms with Crippen LogP contribution in [0.4, 0.5) is 0 Å². The van der Waals surface area contributed by atoms with Crippen molar-refractivity contribution in [2.45, 2.75) is 19.4 Å². The zero-order valence-electron chi connectivity index (χ0n) is 12.5. The van der Waals surface area contributed by atoms with Crippen LogP contribution in [-0.4, -0.2) is 17.6 Å². The van der Waals surface area contributed by atoms with E-state index in [9.17, 15) is 9.90 Å². The molecule has 0 aliphatic rings. The van der Waals surface area contributed by atoms with Crippen molar-refractivity contribution < 1.29 is 14.3 Å². The summed E-state index contributed by atoms with van der Waals surface area (Å²) in [4.78, 5) is 12.1. The second-order valence-corrected chi connectivity index (χ2v) is 5.75. The normalized spacial score (nSPS) is 14.5. The summed E-state index contributed by atoms with van der Waals surface area (Å²) in [6.45, 7) is 3.35. The zero-order valence-corrected chi connectivity index (χ0v) is 13.2. The Morgan fingerprint density at radius 2 is 2.18 bits per heavy atom. The third-order valence-electron chi connectivity index (χ3n) is 3.24. The molecule has 2 N–H and O–H groups in total. The molecular formula is C17H18ClNO3. The van der Waals surface area contributed by atoms with Gasteiger partial charge < -0.3 is 14.8 Å². The van der Waals surface area contributed by atoms with E-state index in [0.29, 0.717) is 16.4 Å². The highest BCUT2D eigenvalue weighted by atomic mass is 35.5. The monoisotopic (exact) mass is 319 g/mol. The average Bonchev–Trinajstić information content (AvgIpc) is 3.00. The molecule has 4 nitrogen and oxygen atoms in total. The summed E-state index contributed by atoms with van der Waals surface area (Å²) < 4.78 is 5.17. The molecule has 2 aromatic rings. The fraction of sp³-hybridized carbons (Fsp3) is 0.235. The molecule has 0 spiro atoms. The molecule has 0 saturated carbocycles. The maximum atomic E-state index is 12.1. The lowest BCUT2D eigenvalue weighted by Crippen LogP contribution is -2.38. The van der Waals surface area contributed by atoms with E-state index in [2.05, 4.69) is 5.32 Å². The summed E-state index contributed by atoms with van der Waals surface area (Å²) in [5.74, 6) is 0.149. The maximum absolute atomic E-state index is 12.1. The molecule has 5 heteroatoms. The maximum Gasteiger partial charge on any atom is 0.247 e. The van der Waals surface area contributed by atoms with Crippen molar-refractivity contribution in [3.8, 4) is 0 Å². The number of halogens is 1. The Morgan fingerprint density at radius 1 is 1.41 bits per heavy atom. The number of hydrogen-bond donors (Lipinski definition) is 2. The van der Waals surface area contributed by atoms with E-state index in [1.807, 2.05) is 12.1 Å². The molecule has 0 radical (unpaired) electrons. The highest BCUT2D eigenvalue weighted by Gasteiger charge is 2.26. The Labute approximate surface area is 134 Å². The van der Waals surface area contributed by atoms with Crippen LogP contribution in [0, 0.1) is 0 Å². The molecule has 0 fully saturated rings. The van der Waals surface area contributed by atoms with Gasteiger partial charge in [0, 0.05) is 10.6 Å². The van der Waals surface area contributed by atoms with Crippen molar-refractivity contribution in [2.24, 2.45) is 0 Å². The van der Waals surface area contributed by atoms with Crippen LogP contribution >= 0.6 is 11.6 Å². The third kappa shape index (κ3) is 4.23. The van der Waals surface area contributed by atoms with Gasteiger partial charge >= 0.3 is 0 Å². The van der Waals surface area contributed by atoms with Crippen molar-refractivity contribution in [3.63, 3.8) is 0 Å². The Morgan fingerprint density at radius 3 is 2.82 bits per heavy atom. The first kappa shape index (κ1) is 16.3. The van der Waals surface area contributed by atoms with Crippen LogP contribution in [0.15, 0.2) is 52.7 Å². The number of rotatable bonds is 5. The van der Waals surface area contributed by atoms with Gasteiger partial charge in [-0.05, 0) is 49.8 Å². The van der Waals surface area contributed by atoms with Crippen LogP contribution in [0.1, 0.15) is 25.2 Å². The summed E-state index contributed by atoms with van der Waals surface area (Å²) in [5.41, 5.74) is 0.116. The van der Waals surface area contributed by atoms with Gasteiger partial charge in [0.25, 0.3) is 0 Å². The molecule has 1 aromatic carbocycles. The number of furan rings is 1. The summed E-state index contributed by atoms with van der Waals surface area (Å²) >= 11 is 5.91. The van der Waals surface area contributed by atoms with Gasteiger partial charge in [0.05, 0.1) is 12.8 Å². The Balaban J connectivity index is 2.00. The number of aliphatic hydroxyl groups is 1. The topological polar surface area (TPSA) is 62.5 Å². The predicted octanol–water partition coefficient (Wildman–Crippen LogP) is 3.36. The number of hydrogen-bond acceptors (Lipinski definition) is 3. The molecule has 1 aromatic heterocycles. The lowest BCUT2D eigenvalue weighted by molar-refractivity contribution is -0.118. The van der Waals surface area contributed by atoms with Crippen LogP contribution in [0.3, 0.4) is 0 Å². The van der Waals surface area contributed by atoms with E-state index in [1.165, 1.54) is 6.26 Å². The molecule has 0 saturated heterocycles. The fourth-order valence-corrected chi connectivity index (χ4v) is 2.17. The molecule has 0 aliphatic carbocycles. The first-order chi connectivity index (χ1) is 10.4. The van der Waals surface area contributed by atoms with Crippen molar-refractivity contribution in [1.82, 2.24) is 5.32 Å². The second kappa shape index (κ2) is 6.81. The average molecular weight is 320 g/mol. The van der Waals surface area contributed by atoms with Crippen molar-refractivity contribution in [3.05, 3.63) is 64.6 Å². The van der Waals surface area contributed by atoms with Gasteiger partial charge in [-0.3, -0.25) is 4.79 Å². The van der Waals surface area contributed by atoms with Crippen molar-refractivity contribution in [1.29, 1.82) is 0 Å². The highest BCUT2D eigenvalue weighted by molar-refractivity contribution is 6.30. The molecule has 1 unspecified atom stereocenters. The molecule has 0 aliphatic heterocycles. The van der Waals surface area contributed by atoms with E-state index in [4.69, 9.17) is 16.0 Å². The fourth-order valence-electron chi connectivity index (χ4n) is 1.98. The van der Waals surface area contributed by atoms with E-state index in [0.717, 1.165) is 5.56 Å². The van der Waals surface area contributed by atoms with Gasteiger partial charge in [0.2, 0.25) is 5.91 Å². The van der Waals surface area contributed by atoms with Gasteiger partial charge in [0.15, 0.2) is 0 Å². The van der Waals surface area contributed by atoms with Gasteiger partial charge in [-0.15, -0.1) is 0 Å². The van der Waals surface area contributed by atoms with E-state index in [-0.39, 0.29) is 12.5 Å². The van der Waals surface area contributed by atoms with Crippen LogP contribution < -0.4 is 5.32 Å². The lowest BCUT2D eigenvalue weighted by atomic mass is 10.0. The molecule has 1 atom stereocenters. The number of carbonyl (C=O) groups excluding carboxylic acids is 1. The second-order valence-electron chi connectivity index (χ2n) is 5.32. The number of nitrogens with one attached hydrogen (secondary N) is 1. The van der Waals surface area contributed by atoms with Crippen molar-refractivity contribution >= 4 is 23.6 Å². The van der Waals surface area contributed by atoms with Gasteiger partial charge in [-0.2, -0.15) is 0 Å². The quantitative estimate of drug-likeness (QED) is 0.831. The van der Waals surface area contributed by atoms with Crippen LogP contribution in [-0.2, 0) is 10.4 Å². The predicted molar refractivity (Wildman–Crippen MR) is 86.4 cm³/mol. The SMILES string of the molecule is C/C(=C/c1cccc(Cl)c1)C(=O)NCC(C)(O)c1ccco1. The third-order valence-corrected chi connectivity index (χ3v) is 3.47. The Kier molecular flexibility index (Phi) is 5.06. The minimum absolute atomic E-state index is 0.0556. The Hall–Kier alpha value is -2.04. The summed E-state index contributed by atoms with van der Waals surface area (Å²) in [6.07, 6.45) is 3.22. The van der Waals surface area contributed by atoms with Gasteiger partial charge in [0.1, 0.15) is 11.4 Å². The highest BCUT2D eigenvalue weighted by Crippen LogP contribution is 2.20. The minimum Gasteiger partial charge on any atom is -0.466 e. The molecule has 2 rings (SSSR count). The van der Waals surface area contributed by atoms with Crippen LogP contribution in [0.5, 0.6) is 0 Å². The van der Waals surface area contributed by atoms with Gasteiger partial charge in [-0.25, -0.2) is 0 Å². The Bertz CT molecular complexity index is 675. The smallest absolute Gasteiger partial charge is 0.247 e. The zero-order chi connectivity index (χ0) is 16.2. The summed E-state index contributed by atoms with van der Waals surface area (Å²) in [7, 11) is 0. The van der Waals surface area contributed by atoms with Crippen molar-refractivity contribution in [2.75, 3.05) is 6.54 Å². The number of carbonyl (C=O) groups is 1. The summed E-state index contributed by atoms with van der Waals surface area (Å²) in [5, 5.41) is 13.6. The molecule has 0 bridgehead atoms. The molecule has 22 heavy (non-hydrogen) atoms. The van der Waals surface area contributed by atoms with E-state index < -0.39 is 5.60 Å². The molecule has 116 valence electrons. The van der Waals surface area contributed by atoms with Crippen LogP contribution in [0.25, 0.3) is 6.08 Å². The van der Waals surface area contributed by atoms with E-state index in [1.54, 1.807) is 44.2 Å². The lowest BCUT2D eigenvalue weighted by Gasteiger charge is -2.21. The standard InChI is InChI=1S/C17H18ClNO3/c1-12(9-13-5-3-6-14(18)10-13)16(20)19-11-17(2,21)15-7-4-8-22-15/h3-10,21H,11H2,1-2H3,(H,19,20)/b12-9-. The number of amides is 1. The van der Waals surface area contributed by atoms with E-state index >= 15 is 0 Å². The largest absolute Gasteiger partial charge is 0.466 e. The molecule has 1 amide bonds. The first-order valence-corrected chi connectivity index (χ1v) is 7.25. The summed E-state index contributed by atoms with van der Waals surface area (Å²) in [6, 6.07) is 10.6. The van der Waals surface area contributed by atoms with Gasteiger partial charge in [-0.1, -0.05) is 23.7 Å². The minimum atomic E-state index is -1.25. The van der Waals surface area contributed by atoms with Crippen LogP contribution in [0.2, 0.25) is 5.02 Å². The first-order valence-electron chi connectivity index (χ1n) is 6.87.